The third-order valence-electron chi connectivity index (χ3n) is 5.62. The molecule has 152 valence electrons. The van der Waals surface area contributed by atoms with E-state index in [-0.39, 0.29) is 5.92 Å². The van der Waals surface area contributed by atoms with E-state index in [0.717, 1.165) is 6.42 Å². The highest BCUT2D eigenvalue weighted by molar-refractivity contribution is 5.53. The van der Waals surface area contributed by atoms with Gasteiger partial charge in [0.15, 0.2) is 0 Å². The van der Waals surface area contributed by atoms with Gasteiger partial charge in [-0.25, -0.2) is 0 Å². The normalized spacial score (nSPS) is 11.0. The van der Waals surface area contributed by atoms with E-state index in [4.69, 9.17) is 0 Å². The van der Waals surface area contributed by atoms with Crippen LogP contribution in [0.15, 0.2) is 72.8 Å². The van der Waals surface area contributed by atoms with Crippen molar-refractivity contribution in [2.45, 2.75) is 32.1 Å². The second-order valence-electron chi connectivity index (χ2n) is 8.25. The molecular weight excluding hydrogens is 352 g/mol. The summed E-state index contributed by atoms with van der Waals surface area (Å²) in [5, 5.41) is 0. The molecule has 0 aliphatic carbocycles. The molecule has 29 heavy (non-hydrogen) atoms. The number of aryl methyl sites for hydroxylation is 1. The largest absolute Gasteiger partial charge is 0.378 e. The van der Waals surface area contributed by atoms with E-state index in [0.29, 0.717) is 0 Å². The molecule has 0 aromatic heterocycles. The summed E-state index contributed by atoms with van der Waals surface area (Å²) in [5.41, 5.74) is 7.89. The van der Waals surface area contributed by atoms with Crippen LogP contribution in [0.3, 0.4) is 0 Å². The minimum absolute atomic E-state index is 0.239. The number of hydrogen-bond acceptors (Lipinski definition) is 2. The van der Waals surface area contributed by atoms with Crippen LogP contribution in [0.2, 0.25) is 0 Å². The van der Waals surface area contributed by atoms with Crippen LogP contribution in [0.25, 0.3) is 0 Å². The lowest BCUT2D eigenvalue weighted by molar-refractivity contribution is 0.794. The third-order valence-corrected chi connectivity index (χ3v) is 5.62. The summed E-state index contributed by atoms with van der Waals surface area (Å²) >= 11 is 0. The first-order valence-corrected chi connectivity index (χ1v) is 10.6. The minimum atomic E-state index is 0.239. The Labute approximate surface area is 176 Å². The summed E-state index contributed by atoms with van der Waals surface area (Å²) in [7, 11) is 8.34. The van der Waals surface area contributed by atoms with E-state index < -0.39 is 0 Å². The van der Waals surface area contributed by atoms with E-state index in [9.17, 15) is 0 Å². The summed E-state index contributed by atoms with van der Waals surface area (Å²) in [6, 6.07) is 27.2. The summed E-state index contributed by atoms with van der Waals surface area (Å²) < 4.78 is 0. The molecule has 2 heteroatoms. The zero-order valence-corrected chi connectivity index (χ0v) is 18.5. The lowest BCUT2D eigenvalue weighted by Crippen LogP contribution is -2.10. The number of benzene rings is 3. The smallest absolute Gasteiger partial charge is 0.0361 e. The van der Waals surface area contributed by atoms with Crippen LogP contribution in [0.4, 0.5) is 11.4 Å². The lowest BCUT2D eigenvalue weighted by atomic mass is 9.84. The first kappa shape index (κ1) is 21.0. The summed E-state index contributed by atoms with van der Waals surface area (Å²) in [6.45, 7) is 2.25. The van der Waals surface area contributed by atoms with Gasteiger partial charge in [-0.05, 0) is 59.4 Å². The maximum Gasteiger partial charge on any atom is 0.0361 e. The number of anilines is 2. The first-order valence-electron chi connectivity index (χ1n) is 10.6. The Morgan fingerprint density at radius 1 is 0.586 bits per heavy atom. The molecule has 0 radical (unpaired) electrons. The van der Waals surface area contributed by atoms with Crippen molar-refractivity contribution >= 4 is 11.4 Å². The second kappa shape index (κ2) is 9.65. The van der Waals surface area contributed by atoms with Crippen LogP contribution in [0.1, 0.15) is 47.9 Å². The van der Waals surface area contributed by atoms with E-state index >= 15 is 0 Å². The predicted octanol–water partition coefficient (Wildman–Crippen LogP) is 6.34. The Morgan fingerprint density at radius 3 is 1.31 bits per heavy atom. The summed E-state index contributed by atoms with van der Waals surface area (Å²) in [6.07, 6.45) is 3.65. The first-order chi connectivity index (χ1) is 14.0. The van der Waals surface area contributed by atoms with Crippen LogP contribution in [0, 0.1) is 0 Å². The van der Waals surface area contributed by atoms with Crippen molar-refractivity contribution in [1.29, 1.82) is 0 Å². The van der Waals surface area contributed by atoms with Crippen molar-refractivity contribution in [3.63, 3.8) is 0 Å². The molecule has 0 spiro atoms. The number of rotatable bonds is 8. The molecule has 0 saturated heterocycles. The monoisotopic (exact) mass is 386 g/mol. The predicted molar refractivity (Wildman–Crippen MR) is 128 cm³/mol. The van der Waals surface area contributed by atoms with Gasteiger partial charge in [0, 0.05) is 45.5 Å². The van der Waals surface area contributed by atoms with Gasteiger partial charge < -0.3 is 9.80 Å². The number of unbranched alkanes of at least 4 members (excludes halogenated alkanes) is 1. The average molecular weight is 387 g/mol. The standard InChI is InChI=1S/C27H34N2/c1-6-7-8-21-9-11-22(12-10-21)27(23-13-17-25(18-14-23)28(2)3)24-15-19-26(20-16-24)29(4)5/h9-20,27H,6-8H2,1-5H3. The molecule has 0 heterocycles. The van der Waals surface area contributed by atoms with Crippen LogP contribution in [-0.4, -0.2) is 28.2 Å². The van der Waals surface area contributed by atoms with Gasteiger partial charge in [-0.3, -0.25) is 0 Å². The fraction of sp³-hybridized carbons (Fsp3) is 0.333. The van der Waals surface area contributed by atoms with Crippen LogP contribution in [-0.2, 0) is 6.42 Å². The minimum Gasteiger partial charge on any atom is -0.378 e. The van der Waals surface area contributed by atoms with Gasteiger partial charge in [0.25, 0.3) is 0 Å². The van der Waals surface area contributed by atoms with Crippen LogP contribution in [0.5, 0.6) is 0 Å². The molecule has 0 saturated carbocycles. The average Bonchev–Trinajstić information content (AvgIpc) is 2.74. The molecule has 0 N–H and O–H groups in total. The van der Waals surface area contributed by atoms with Crippen molar-refractivity contribution in [2.24, 2.45) is 0 Å². The fourth-order valence-electron chi connectivity index (χ4n) is 3.76. The zero-order chi connectivity index (χ0) is 20.8. The quantitative estimate of drug-likeness (QED) is 0.417. The van der Waals surface area contributed by atoms with E-state index in [1.54, 1.807) is 0 Å². The van der Waals surface area contributed by atoms with Crippen molar-refractivity contribution < 1.29 is 0 Å². The summed E-state index contributed by atoms with van der Waals surface area (Å²) in [5.74, 6) is 0.239. The topological polar surface area (TPSA) is 6.48 Å². The van der Waals surface area contributed by atoms with Crippen molar-refractivity contribution in [2.75, 3.05) is 38.0 Å². The Kier molecular flexibility index (Phi) is 6.98. The molecule has 0 bridgehead atoms. The third kappa shape index (κ3) is 5.20. The van der Waals surface area contributed by atoms with Gasteiger partial charge in [0.2, 0.25) is 0 Å². The molecule has 3 aromatic carbocycles. The number of hydrogen-bond donors (Lipinski definition) is 0. The Balaban J connectivity index is 1.98. The Bertz CT molecular complexity index is 824. The van der Waals surface area contributed by atoms with Gasteiger partial charge in [0.05, 0.1) is 0 Å². The molecule has 2 nitrogen and oxygen atoms in total. The van der Waals surface area contributed by atoms with Crippen molar-refractivity contribution in [3.8, 4) is 0 Å². The molecule has 0 amide bonds. The molecule has 0 unspecified atom stereocenters. The van der Waals surface area contributed by atoms with E-state index in [2.05, 4.69) is 118 Å². The van der Waals surface area contributed by atoms with E-state index in [1.165, 1.54) is 46.5 Å². The molecular formula is C27H34N2. The second-order valence-corrected chi connectivity index (χ2v) is 8.25. The van der Waals surface area contributed by atoms with Gasteiger partial charge >= 0.3 is 0 Å². The van der Waals surface area contributed by atoms with Gasteiger partial charge in [-0.15, -0.1) is 0 Å². The molecule has 3 aromatic rings. The SMILES string of the molecule is CCCCc1ccc(C(c2ccc(N(C)C)cc2)c2ccc(N(C)C)cc2)cc1. The maximum atomic E-state index is 2.31. The zero-order valence-electron chi connectivity index (χ0n) is 18.5. The highest BCUT2D eigenvalue weighted by Crippen LogP contribution is 2.34. The van der Waals surface area contributed by atoms with Crippen LogP contribution >= 0.6 is 0 Å². The van der Waals surface area contributed by atoms with Gasteiger partial charge in [-0.2, -0.15) is 0 Å². The fourth-order valence-corrected chi connectivity index (χ4v) is 3.76. The lowest BCUT2D eigenvalue weighted by Gasteiger charge is -2.22. The highest BCUT2D eigenvalue weighted by Gasteiger charge is 2.17. The maximum absolute atomic E-state index is 2.31. The molecule has 0 aliphatic heterocycles. The molecule has 0 fully saturated rings. The van der Waals surface area contributed by atoms with Crippen molar-refractivity contribution in [3.05, 3.63) is 95.1 Å². The molecule has 0 aliphatic rings. The summed E-state index contributed by atoms with van der Waals surface area (Å²) in [4.78, 5) is 4.29. The molecule has 3 rings (SSSR count). The molecule has 0 atom stereocenters. The van der Waals surface area contributed by atoms with Gasteiger partial charge in [0.1, 0.15) is 0 Å². The Hall–Kier alpha value is -2.74. The van der Waals surface area contributed by atoms with Crippen molar-refractivity contribution in [1.82, 2.24) is 0 Å². The van der Waals surface area contributed by atoms with E-state index in [1.807, 2.05) is 0 Å². The number of nitrogens with zero attached hydrogens (tertiary/aromatic N) is 2. The van der Waals surface area contributed by atoms with Gasteiger partial charge in [-0.1, -0.05) is 61.9 Å². The highest BCUT2D eigenvalue weighted by atomic mass is 15.1. The Morgan fingerprint density at radius 2 is 0.966 bits per heavy atom. The van der Waals surface area contributed by atoms with Crippen LogP contribution < -0.4 is 9.80 Å².